The molecule has 2 aromatic carbocycles. The maximum Gasteiger partial charge on any atom is 0.152 e. The molecular weight excluding hydrogens is 292 g/mol. The molecular formula is C15H13ClN2OS. The van der Waals surface area contributed by atoms with Crippen molar-refractivity contribution in [3.8, 4) is 11.5 Å². The Balaban J connectivity index is 2.03. The van der Waals surface area contributed by atoms with Gasteiger partial charge in [0.15, 0.2) is 5.75 Å². The lowest BCUT2D eigenvalue weighted by molar-refractivity contribution is 0.486. The first-order valence-corrected chi connectivity index (χ1v) is 7.33. The second-order valence-corrected chi connectivity index (χ2v) is 6.27. The number of nitrogens with two attached hydrogens (primary N) is 1. The number of nitrogen functional groups attached to an aromatic ring is 1. The number of nitrogens with zero attached hydrogens (tertiary/aromatic N) is 1. The summed E-state index contributed by atoms with van der Waals surface area (Å²) >= 11 is 7.79. The average Bonchev–Trinajstić information content (AvgIpc) is 2.72. The van der Waals surface area contributed by atoms with Crippen LogP contribution in [0.1, 0.15) is 10.6 Å². The summed E-state index contributed by atoms with van der Waals surface area (Å²) < 4.78 is 6.88. The Morgan fingerprint density at radius 1 is 1.15 bits per heavy atom. The van der Waals surface area contributed by atoms with Gasteiger partial charge in [-0.2, -0.15) is 0 Å². The Hall–Kier alpha value is -1.78. The zero-order valence-corrected chi connectivity index (χ0v) is 12.7. The number of hydrogen-bond donors (Lipinski definition) is 1. The molecule has 0 amide bonds. The van der Waals surface area contributed by atoms with Crippen molar-refractivity contribution in [2.24, 2.45) is 0 Å². The predicted octanol–water partition coefficient (Wildman–Crippen LogP) is 4.94. The number of aromatic nitrogens is 1. The Labute approximate surface area is 126 Å². The van der Waals surface area contributed by atoms with E-state index in [-0.39, 0.29) is 0 Å². The molecule has 5 heteroatoms. The fourth-order valence-corrected chi connectivity index (χ4v) is 3.11. The number of fused-ring (bicyclic) bond motifs is 1. The second kappa shape index (κ2) is 4.96. The van der Waals surface area contributed by atoms with Crippen molar-refractivity contribution >= 4 is 38.8 Å². The van der Waals surface area contributed by atoms with Crippen molar-refractivity contribution in [2.75, 3.05) is 5.73 Å². The fraction of sp³-hybridized carbons (Fsp3) is 0.133. The molecule has 0 aliphatic carbocycles. The first-order valence-electron chi connectivity index (χ1n) is 6.13. The molecule has 0 atom stereocenters. The lowest BCUT2D eigenvalue weighted by atomic mass is 10.2. The highest BCUT2D eigenvalue weighted by Crippen LogP contribution is 2.36. The molecule has 3 rings (SSSR count). The minimum atomic E-state index is 0.568. The maximum atomic E-state index is 6.17. The molecule has 2 N–H and O–H groups in total. The van der Waals surface area contributed by atoms with E-state index in [0.717, 1.165) is 20.8 Å². The summed E-state index contributed by atoms with van der Waals surface area (Å²) in [5, 5.41) is 1.57. The molecule has 0 spiro atoms. The summed E-state index contributed by atoms with van der Waals surface area (Å²) in [4.78, 5) is 4.44. The number of anilines is 1. The first kappa shape index (κ1) is 13.2. The van der Waals surface area contributed by atoms with Gasteiger partial charge in [-0.15, -0.1) is 11.3 Å². The molecule has 0 aliphatic heterocycles. The summed E-state index contributed by atoms with van der Waals surface area (Å²) in [5.74, 6) is 1.17. The Bertz CT molecular complexity index is 798. The van der Waals surface area contributed by atoms with Crippen LogP contribution >= 0.6 is 22.9 Å². The molecule has 0 aliphatic rings. The van der Waals surface area contributed by atoms with E-state index in [2.05, 4.69) is 4.98 Å². The SMILES string of the molecule is Cc1ccc(Oc2cc3nc(C)sc3cc2N)c(Cl)c1. The average molecular weight is 305 g/mol. The van der Waals surface area contributed by atoms with E-state index < -0.39 is 0 Å². The summed E-state index contributed by atoms with van der Waals surface area (Å²) in [5.41, 5.74) is 8.59. The third kappa shape index (κ3) is 2.44. The van der Waals surface area contributed by atoms with Crippen LogP contribution < -0.4 is 10.5 Å². The fourth-order valence-electron chi connectivity index (χ4n) is 1.98. The van der Waals surface area contributed by atoms with Crippen LogP contribution in [0.5, 0.6) is 11.5 Å². The van der Waals surface area contributed by atoms with Crippen LogP contribution in [0.2, 0.25) is 5.02 Å². The lowest BCUT2D eigenvalue weighted by Gasteiger charge is -2.10. The molecule has 0 saturated carbocycles. The maximum absolute atomic E-state index is 6.17. The monoisotopic (exact) mass is 304 g/mol. The van der Waals surface area contributed by atoms with Gasteiger partial charge in [0.2, 0.25) is 0 Å². The van der Waals surface area contributed by atoms with Gasteiger partial charge in [0, 0.05) is 6.07 Å². The van der Waals surface area contributed by atoms with E-state index >= 15 is 0 Å². The number of ether oxygens (including phenoxy) is 1. The van der Waals surface area contributed by atoms with E-state index in [1.165, 1.54) is 0 Å². The first-order chi connectivity index (χ1) is 9.52. The van der Waals surface area contributed by atoms with Gasteiger partial charge in [-0.05, 0) is 37.6 Å². The zero-order chi connectivity index (χ0) is 14.3. The highest BCUT2D eigenvalue weighted by atomic mass is 35.5. The molecule has 3 aromatic rings. The molecule has 102 valence electrons. The van der Waals surface area contributed by atoms with Crippen molar-refractivity contribution in [2.45, 2.75) is 13.8 Å². The van der Waals surface area contributed by atoms with E-state index in [4.69, 9.17) is 22.1 Å². The van der Waals surface area contributed by atoms with Gasteiger partial charge >= 0.3 is 0 Å². The minimum absolute atomic E-state index is 0.568. The number of benzene rings is 2. The van der Waals surface area contributed by atoms with Crippen LogP contribution in [0.25, 0.3) is 10.2 Å². The van der Waals surface area contributed by atoms with Gasteiger partial charge in [0.05, 0.1) is 25.9 Å². The van der Waals surface area contributed by atoms with Crippen LogP contribution in [0.15, 0.2) is 30.3 Å². The number of hydrogen-bond acceptors (Lipinski definition) is 4. The van der Waals surface area contributed by atoms with E-state index in [1.807, 2.05) is 44.2 Å². The number of rotatable bonds is 2. The van der Waals surface area contributed by atoms with Crippen molar-refractivity contribution in [3.05, 3.63) is 45.9 Å². The van der Waals surface area contributed by atoms with E-state index in [0.29, 0.717) is 22.2 Å². The van der Waals surface area contributed by atoms with Crippen LogP contribution in [-0.2, 0) is 0 Å². The summed E-state index contributed by atoms with van der Waals surface area (Å²) in [6, 6.07) is 9.39. The Morgan fingerprint density at radius 3 is 2.70 bits per heavy atom. The summed E-state index contributed by atoms with van der Waals surface area (Å²) in [6.45, 7) is 3.95. The Kier molecular flexibility index (Phi) is 3.28. The molecule has 0 unspecified atom stereocenters. The van der Waals surface area contributed by atoms with Gasteiger partial charge in [0.1, 0.15) is 5.75 Å². The second-order valence-electron chi connectivity index (χ2n) is 4.63. The molecule has 0 fully saturated rings. The number of aryl methyl sites for hydroxylation is 2. The number of thiazole rings is 1. The molecule has 0 bridgehead atoms. The largest absolute Gasteiger partial charge is 0.454 e. The van der Waals surface area contributed by atoms with Crippen molar-refractivity contribution in [1.82, 2.24) is 4.98 Å². The molecule has 0 saturated heterocycles. The van der Waals surface area contributed by atoms with Crippen LogP contribution in [-0.4, -0.2) is 4.98 Å². The smallest absolute Gasteiger partial charge is 0.152 e. The number of halogens is 1. The summed E-state index contributed by atoms with van der Waals surface area (Å²) in [7, 11) is 0. The highest BCUT2D eigenvalue weighted by Gasteiger charge is 2.10. The van der Waals surface area contributed by atoms with Crippen molar-refractivity contribution in [3.63, 3.8) is 0 Å². The summed E-state index contributed by atoms with van der Waals surface area (Å²) in [6.07, 6.45) is 0. The van der Waals surface area contributed by atoms with Gasteiger partial charge in [-0.25, -0.2) is 4.98 Å². The molecule has 1 aromatic heterocycles. The van der Waals surface area contributed by atoms with Gasteiger partial charge in [-0.3, -0.25) is 0 Å². The van der Waals surface area contributed by atoms with Crippen LogP contribution in [0.4, 0.5) is 5.69 Å². The van der Waals surface area contributed by atoms with E-state index in [9.17, 15) is 0 Å². The van der Waals surface area contributed by atoms with Crippen LogP contribution in [0, 0.1) is 13.8 Å². The normalized spacial score (nSPS) is 10.9. The molecule has 1 heterocycles. The Morgan fingerprint density at radius 2 is 1.95 bits per heavy atom. The third-order valence-corrected chi connectivity index (χ3v) is 4.16. The molecule has 20 heavy (non-hydrogen) atoms. The van der Waals surface area contributed by atoms with Gasteiger partial charge in [0.25, 0.3) is 0 Å². The topological polar surface area (TPSA) is 48.1 Å². The minimum Gasteiger partial charge on any atom is -0.454 e. The van der Waals surface area contributed by atoms with Crippen molar-refractivity contribution in [1.29, 1.82) is 0 Å². The van der Waals surface area contributed by atoms with E-state index in [1.54, 1.807) is 11.3 Å². The highest BCUT2D eigenvalue weighted by molar-refractivity contribution is 7.18. The quantitative estimate of drug-likeness (QED) is 0.682. The molecule has 3 nitrogen and oxygen atoms in total. The van der Waals surface area contributed by atoms with Gasteiger partial charge < -0.3 is 10.5 Å². The predicted molar refractivity (Wildman–Crippen MR) is 85.0 cm³/mol. The standard InChI is InChI=1S/C15H13ClN2OS/c1-8-3-4-13(10(16)5-8)19-14-7-12-15(6-11(14)17)20-9(2)18-12/h3-7H,17H2,1-2H3. The lowest BCUT2D eigenvalue weighted by Crippen LogP contribution is -1.92. The molecule has 0 radical (unpaired) electrons. The zero-order valence-electron chi connectivity index (χ0n) is 11.1. The van der Waals surface area contributed by atoms with Crippen molar-refractivity contribution < 1.29 is 4.74 Å². The van der Waals surface area contributed by atoms with Crippen LogP contribution in [0.3, 0.4) is 0 Å². The van der Waals surface area contributed by atoms with Gasteiger partial charge in [-0.1, -0.05) is 17.7 Å². The third-order valence-electron chi connectivity index (χ3n) is 2.93.